The molecule has 1 aromatic heterocycles. The van der Waals surface area contributed by atoms with Crippen molar-refractivity contribution in [1.82, 2.24) is 0 Å². The molecule has 1 heterocycles. The normalized spacial score (nSPS) is 11.7. The van der Waals surface area contributed by atoms with E-state index in [0.717, 1.165) is 27.5 Å². The van der Waals surface area contributed by atoms with Crippen molar-refractivity contribution in [2.45, 2.75) is 0 Å². The topological polar surface area (TPSA) is 13.1 Å². The van der Waals surface area contributed by atoms with Gasteiger partial charge in [0, 0.05) is 10.8 Å². The second kappa shape index (κ2) is 7.48. The van der Waals surface area contributed by atoms with Crippen LogP contribution in [-0.4, -0.2) is 0 Å². The van der Waals surface area contributed by atoms with Crippen molar-refractivity contribution < 1.29 is 4.42 Å². The molecule has 0 fully saturated rings. The Morgan fingerprint density at radius 2 is 1.03 bits per heavy atom. The number of furan rings is 1. The van der Waals surface area contributed by atoms with E-state index in [9.17, 15) is 0 Å². The minimum atomic E-state index is 0.711. The lowest BCUT2D eigenvalue weighted by atomic mass is 9.86. The summed E-state index contributed by atoms with van der Waals surface area (Å²) < 4.78 is 6.09. The average molecular weight is 455 g/mol. The third kappa shape index (κ3) is 2.81. The molecular formula is C32H19ClO. The monoisotopic (exact) mass is 454 g/mol. The zero-order chi connectivity index (χ0) is 22.6. The smallest absolute Gasteiger partial charge is 0.136 e. The van der Waals surface area contributed by atoms with Crippen LogP contribution in [0.4, 0.5) is 0 Å². The van der Waals surface area contributed by atoms with Crippen molar-refractivity contribution in [2.75, 3.05) is 0 Å². The van der Waals surface area contributed by atoms with Gasteiger partial charge in [-0.15, -0.1) is 0 Å². The standard InChI is InChI=1S/C32H19ClO/c33-27-15-8-16-29-32(27)26-19-21(17-18-28(26)34-29)31-24-13-6-4-11-22(24)30(20-9-2-1-3-10-20)23-12-5-7-14-25(23)31/h1-19H. The number of halogens is 1. The molecule has 6 aromatic carbocycles. The Hall–Kier alpha value is -4.07. The predicted octanol–water partition coefficient (Wildman–Crippen LogP) is 9.88. The Morgan fingerprint density at radius 1 is 0.441 bits per heavy atom. The number of benzene rings is 6. The third-order valence-electron chi connectivity index (χ3n) is 6.73. The summed E-state index contributed by atoms with van der Waals surface area (Å²) in [5.74, 6) is 0. The maximum Gasteiger partial charge on any atom is 0.136 e. The van der Waals surface area contributed by atoms with Gasteiger partial charge in [0.2, 0.25) is 0 Å². The molecule has 1 nitrogen and oxygen atoms in total. The van der Waals surface area contributed by atoms with E-state index in [2.05, 4.69) is 97.1 Å². The maximum absolute atomic E-state index is 6.59. The second-order valence-corrected chi connectivity index (χ2v) is 9.04. The quantitative estimate of drug-likeness (QED) is 0.237. The van der Waals surface area contributed by atoms with Crippen LogP contribution in [0.5, 0.6) is 0 Å². The second-order valence-electron chi connectivity index (χ2n) is 8.63. The van der Waals surface area contributed by atoms with E-state index >= 15 is 0 Å². The van der Waals surface area contributed by atoms with Gasteiger partial charge in [0.15, 0.2) is 0 Å². The van der Waals surface area contributed by atoms with Gasteiger partial charge in [0.1, 0.15) is 11.2 Å². The van der Waals surface area contributed by atoms with Crippen LogP contribution in [0.25, 0.3) is 65.7 Å². The molecule has 0 radical (unpaired) electrons. The van der Waals surface area contributed by atoms with E-state index in [1.165, 1.54) is 38.2 Å². The van der Waals surface area contributed by atoms with Gasteiger partial charge in [-0.2, -0.15) is 0 Å². The van der Waals surface area contributed by atoms with Gasteiger partial charge in [-0.05, 0) is 68.1 Å². The Morgan fingerprint density at radius 3 is 1.68 bits per heavy atom. The fourth-order valence-electron chi connectivity index (χ4n) is 5.29. The number of hydrogen-bond donors (Lipinski definition) is 0. The van der Waals surface area contributed by atoms with E-state index in [1.54, 1.807) is 0 Å². The van der Waals surface area contributed by atoms with Crippen LogP contribution in [0.15, 0.2) is 120 Å². The molecule has 0 aliphatic carbocycles. The van der Waals surface area contributed by atoms with Crippen LogP contribution < -0.4 is 0 Å². The highest BCUT2D eigenvalue weighted by Gasteiger charge is 2.18. The van der Waals surface area contributed by atoms with Crippen LogP contribution in [0.1, 0.15) is 0 Å². The van der Waals surface area contributed by atoms with E-state index in [4.69, 9.17) is 16.0 Å². The molecule has 0 N–H and O–H groups in total. The van der Waals surface area contributed by atoms with Gasteiger partial charge in [-0.25, -0.2) is 0 Å². The molecule has 160 valence electrons. The molecule has 0 aliphatic rings. The molecular weight excluding hydrogens is 436 g/mol. The van der Waals surface area contributed by atoms with E-state index in [0.29, 0.717) is 5.02 Å². The SMILES string of the molecule is Clc1cccc2oc3ccc(-c4c5ccccc5c(-c5ccccc5)c5ccccc45)cc3c12. The summed E-state index contributed by atoms with van der Waals surface area (Å²) in [6, 6.07) is 40.4. The first-order chi connectivity index (χ1) is 16.8. The summed E-state index contributed by atoms with van der Waals surface area (Å²) in [4.78, 5) is 0. The maximum atomic E-state index is 6.59. The molecule has 0 saturated carbocycles. The lowest BCUT2D eigenvalue weighted by Crippen LogP contribution is -1.90. The molecule has 34 heavy (non-hydrogen) atoms. The van der Waals surface area contributed by atoms with Gasteiger partial charge >= 0.3 is 0 Å². The molecule has 2 heteroatoms. The summed E-state index contributed by atoms with van der Waals surface area (Å²) in [7, 11) is 0. The summed E-state index contributed by atoms with van der Waals surface area (Å²) in [6.07, 6.45) is 0. The van der Waals surface area contributed by atoms with Crippen LogP contribution in [0.3, 0.4) is 0 Å². The zero-order valence-electron chi connectivity index (χ0n) is 18.3. The highest BCUT2D eigenvalue weighted by Crippen LogP contribution is 2.45. The molecule has 0 aliphatic heterocycles. The summed E-state index contributed by atoms with van der Waals surface area (Å²) in [5.41, 5.74) is 6.55. The van der Waals surface area contributed by atoms with Crippen LogP contribution in [-0.2, 0) is 0 Å². The Labute approximate surface area is 201 Å². The molecule has 0 amide bonds. The van der Waals surface area contributed by atoms with Gasteiger partial charge in [-0.1, -0.05) is 103 Å². The molecule has 7 aromatic rings. The van der Waals surface area contributed by atoms with E-state index < -0.39 is 0 Å². The largest absolute Gasteiger partial charge is 0.456 e. The number of rotatable bonds is 2. The molecule has 0 saturated heterocycles. The first kappa shape index (κ1) is 19.4. The fourth-order valence-corrected chi connectivity index (χ4v) is 5.56. The summed E-state index contributed by atoms with van der Waals surface area (Å²) in [6.45, 7) is 0. The summed E-state index contributed by atoms with van der Waals surface area (Å²) in [5, 5.41) is 7.68. The molecule has 7 rings (SSSR count). The Balaban J connectivity index is 1.63. The van der Waals surface area contributed by atoms with Crippen LogP contribution in [0, 0.1) is 0 Å². The van der Waals surface area contributed by atoms with E-state index in [-0.39, 0.29) is 0 Å². The summed E-state index contributed by atoms with van der Waals surface area (Å²) >= 11 is 6.59. The average Bonchev–Trinajstić information content (AvgIpc) is 3.27. The van der Waals surface area contributed by atoms with Gasteiger partial charge < -0.3 is 4.42 Å². The highest BCUT2D eigenvalue weighted by atomic mass is 35.5. The lowest BCUT2D eigenvalue weighted by molar-refractivity contribution is 0.669. The fraction of sp³-hybridized carbons (Fsp3) is 0. The van der Waals surface area contributed by atoms with Crippen molar-refractivity contribution in [3.8, 4) is 22.3 Å². The van der Waals surface area contributed by atoms with Crippen LogP contribution in [0.2, 0.25) is 5.02 Å². The first-order valence-corrected chi connectivity index (χ1v) is 11.8. The Kier molecular flexibility index (Phi) is 4.27. The predicted molar refractivity (Wildman–Crippen MR) is 145 cm³/mol. The molecule has 0 unspecified atom stereocenters. The van der Waals surface area contributed by atoms with E-state index in [1.807, 2.05) is 18.2 Å². The first-order valence-electron chi connectivity index (χ1n) is 11.4. The van der Waals surface area contributed by atoms with Crippen molar-refractivity contribution in [3.05, 3.63) is 120 Å². The number of hydrogen-bond acceptors (Lipinski definition) is 1. The molecule has 0 spiro atoms. The van der Waals surface area contributed by atoms with Crippen LogP contribution >= 0.6 is 11.6 Å². The highest BCUT2D eigenvalue weighted by molar-refractivity contribution is 6.37. The lowest BCUT2D eigenvalue weighted by Gasteiger charge is -2.17. The van der Waals surface area contributed by atoms with Crippen molar-refractivity contribution in [1.29, 1.82) is 0 Å². The van der Waals surface area contributed by atoms with Crippen molar-refractivity contribution in [2.24, 2.45) is 0 Å². The van der Waals surface area contributed by atoms with Gasteiger partial charge in [0.25, 0.3) is 0 Å². The number of fused-ring (bicyclic) bond motifs is 5. The minimum Gasteiger partial charge on any atom is -0.456 e. The zero-order valence-corrected chi connectivity index (χ0v) is 19.0. The van der Waals surface area contributed by atoms with Gasteiger partial charge in [0.05, 0.1) is 5.02 Å². The van der Waals surface area contributed by atoms with Crippen molar-refractivity contribution >= 4 is 55.1 Å². The third-order valence-corrected chi connectivity index (χ3v) is 7.04. The van der Waals surface area contributed by atoms with Gasteiger partial charge in [-0.3, -0.25) is 0 Å². The molecule has 0 bridgehead atoms. The van der Waals surface area contributed by atoms with Crippen molar-refractivity contribution in [3.63, 3.8) is 0 Å². The molecule has 0 atom stereocenters. The minimum absolute atomic E-state index is 0.711. The Bertz CT molecular complexity index is 1800.